The van der Waals surface area contributed by atoms with Crippen LogP contribution in [0.4, 0.5) is 0 Å². The van der Waals surface area contributed by atoms with Crippen molar-refractivity contribution in [2.24, 2.45) is 0 Å². The van der Waals surface area contributed by atoms with Crippen LogP contribution >= 0.6 is 11.6 Å². The summed E-state index contributed by atoms with van der Waals surface area (Å²) in [4.78, 5) is 0. The Morgan fingerprint density at radius 3 is 2.69 bits per heavy atom. The largest absolute Gasteiger partial charge is 0.472 e. The van der Waals surface area contributed by atoms with Crippen molar-refractivity contribution in [2.75, 3.05) is 0 Å². The van der Waals surface area contributed by atoms with Crippen LogP contribution in [0.3, 0.4) is 0 Å². The molecular formula is C13H13ClO2. The fraction of sp³-hybridized carbons (Fsp3) is 0.231. The average Bonchev–Trinajstić information content (AvgIpc) is 2.75. The van der Waals surface area contributed by atoms with Crippen LogP contribution in [-0.4, -0.2) is 5.11 Å². The summed E-state index contributed by atoms with van der Waals surface area (Å²) in [6, 6.07) is 9.28. The van der Waals surface area contributed by atoms with Crippen molar-refractivity contribution in [3.63, 3.8) is 0 Å². The minimum Gasteiger partial charge on any atom is -0.472 e. The molecule has 0 aliphatic heterocycles. The van der Waals surface area contributed by atoms with Crippen LogP contribution in [0.25, 0.3) is 0 Å². The lowest BCUT2D eigenvalue weighted by Gasteiger charge is -2.22. The Bertz CT molecular complexity index is 461. The van der Waals surface area contributed by atoms with Gasteiger partial charge in [-0.05, 0) is 24.6 Å². The third-order valence-corrected chi connectivity index (χ3v) is 3.00. The van der Waals surface area contributed by atoms with Gasteiger partial charge in [0.15, 0.2) is 0 Å². The molecule has 1 atom stereocenters. The third kappa shape index (κ3) is 2.29. The first kappa shape index (κ1) is 11.2. The number of hydrogen-bond acceptors (Lipinski definition) is 2. The van der Waals surface area contributed by atoms with Gasteiger partial charge >= 0.3 is 0 Å². The minimum atomic E-state index is -0.960. The second kappa shape index (κ2) is 4.32. The van der Waals surface area contributed by atoms with Crippen LogP contribution in [0.5, 0.6) is 0 Å². The molecule has 0 saturated carbocycles. The van der Waals surface area contributed by atoms with Gasteiger partial charge in [0, 0.05) is 17.0 Å². The number of hydrogen-bond donors (Lipinski definition) is 1. The highest BCUT2D eigenvalue weighted by Gasteiger charge is 2.25. The van der Waals surface area contributed by atoms with E-state index in [9.17, 15) is 5.11 Å². The standard InChI is InChI=1S/C13H13ClO2/c1-13(15,11-6-7-16-9-11)8-10-4-2-3-5-12(10)14/h2-7,9,15H,8H2,1H3. The van der Waals surface area contributed by atoms with Gasteiger partial charge in [0.05, 0.1) is 18.1 Å². The van der Waals surface area contributed by atoms with E-state index in [0.29, 0.717) is 11.4 Å². The second-order valence-corrected chi connectivity index (χ2v) is 4.46. The van der Waals surface area contributed by atoms with E-state index in [1.807, 2.05) is 24.3 Å². The molecule has 3 heteroatoms. The maximum atomic E-state index is 10.3. The first-order valence-corrected chi connectivity index (χ1v) is 5.46. The fourth-order valence-corrected chi connectivity index (χ4v) is 1.89. The summed E-state index contributed by atoms with van der Waals surface area (Å²) in [5, 5.41) is 11.0. The van der Waals surface area contributed by atoms with Crippen molar-refractivity contribution >= 4 is 11.6 Å². The van der Waals surface area contributed by atoms with Crippen molar-refractivity contribution in [2.45, 2.75) is 18.9 Å². The first-order valence-electron chi connectivity index (χ1n) is 5.08. The first-order chi connectivity index (χ1) is 7.59. The number of aliphatic hydroxyl groups is 1. The van der Waals surface area contributed by atoms with Crippen molar-refractivity contribution < 1.29 is 9.52 Å². The third-order valence-electron chi connectivity index (χ3n) is 2.64. The number of furan rings is 1. The van der Waals surface area contributed by atoms with Gasteiger partial charge in [0.25, 0.3) is 0 Å². The lowest BCUT2D eigenvalue weighted by atomic mass is 9.91. The van der Waals surface area contributed by atoms with Crippen LogP contribution in [0.2, 0.25) is 5.02 Å². The highest BCUT2D eigenvalue weighted by atomic mass is 35.5. The van der Waals surface area contributed by atoms with E-state index in [1.165, 1.54) is 0 Å². The molecule has 0 radical (unpaired) electrons. The van der Waals surface area contributed by atoms with Crippen LogP contribution in [0, 0.1) is 0 Å². The van der Waals surface area contributed by atoms with Gasteiger partial charge in [-0.25, -0.2) is 0 Å². The molecule has 2 nitrogen and oxygen atoms in total. The Kier molecular flexibility index (Phi) is 3.03. The van der Waals surface area contributed by atoms with E-state index in [0.717, 1.165) is 11.1 Å². The van der Waals surface area contributed by atoms with E-state index < -0.39 is 5.60 Å². The molecule has 1 heterocycles. The molecule has 0 spiro atoms. The molecule has 0 aliphatic rings. The molecular weight excluding hydrogens is 224 g/mol. The lowest BCUT2D eigenvalue weighted by molar-refractivity contribution is 0.0570. The van der Waals surface area contributed by atoms with Crippen molar-refractivity contribution in [3.8, 4) is 0 Å². The molecule has 84 valence electrons. The summed E-state index contributed by atoms with van der Waals surface area (Å²) in [7, 11) is 0. The van der Waals surface area contributed by atoms with E-state index in [-0.39, 0.29) is 0 Å². The quantitative estimate of drug-likeness (QED) is 0.886. The fourth-order valence-electron chi connectivity index (χ4n) is 1.69. The number of halogens is 1. The highest BCUT2D eigenvalue weighted by molar-refractivity contribution is 6.31. The van der Waals surface area contributed by atoms with E-state index in [4.69, 9.17) is 16.0 Å². The molecule has 1 aromatic carbocycles. The van der Waals surface area contributed by atoms with Gasteiger partial charge in [-0.15, -0.1) is 0 Å². The van der Waals surface area contributed by atoms with Gasteiger partial charge in [-0.2, -0.15) is 0 Å². The Morgan fingerprint density at radius 1 is 1.31 bits per heavy atom. The zero-order chi connectivity index (χ0) is 11.6. The second-order valence-electron chi connectivity index (χ2n) is 4.05. The SMILES string of the molecule is CC(O)(Cc1ccccc1Cl)c1ccoc1. The Morgan fingerprint density at radius 2 is 2.06 bits per heavy atom. The van der Waals surface area contributed by atoms with Gasteiger partial charge in [0.1, 0.15) is 0 Å². The lowest BCUT2D eigenvalue weighted by Crippen LogP contribution is -2.23. The summed E-state index contributed by atoms with van der Waals surface area (Å²) in [6.07, 6.45) is 3.57. The monoisotopic (exact) mass is 236 g/mol. The van der Waals surface area contributed by atoms with Crippen molar-refractivity contribution in [3.05, 3.63) is 59.0 Å². The topological polar surface area (TPSA) is 33.4 Å². The van der Waals surface area contributed by atoms with Crippen LogP contribution < -0.4 is 0 Å². The zero-order valence-electron chi connectivity index (χ0n) is 8.98. The smallest absolute Gasteiger partial charge is 0.0963 e. The Hall–Kier alpha value is -1.25. The van der Waals surface area contributed by atoms with E-state index in [2.05, 4.69) is 0 Å². The molecule has 2 aromatic rings. The summed E-state index contributed by atoms with van der Waals surface area (Å²) in [6.45, 7) is 1.75. The number of rotatable bonds is 3. The molecule has 0 fully saturated rings. The molecule has 16 heavy (non-hydrogen) atoms. The number of benzene rings is 1. The van der Waals surface area contributed by atoms with Crippen molar-refractivity contribution in [1.29, 1.82) is 0 Å². The maximum absolute atomic E-state index is 10.3. The van der Waals surface area contributed by atoms with E-state index >= 15 is 0 Å². The highest BCUT2D eigenvalue weighted by Crippen LogP contribution is 2.28. The summed E-state index contributed by atoms with van der Waals surface area (Å²) < 4.78 is 4.98. The van der Waals surface area contributed by atoms with Gasteiger partial charge in [0.2, 0.25) is 0 Å². The predicted molar refractivity (Wildman–Crippen MR) is 63.4 cm³/mol. The predicted octanol–water partition coefficient (Wildman–Crippen LogP) is 3.38. The van der Waals surface area contributed by atoms with Crippen LogP contribution in [-0.2, 0) is 12.0 Å². The Balaban J connectivity index is 2.25. The summed E-state index contributed by atoms with van der Waals surface area (Å²) >= 11 is 6.06. The molecule has 1 N–H and O–H groups in total. The van der Waals surface area contributed by atoms with Gasteiger partial charge in [-0.1, -0.05) is 29.8 Å². The molecule has 1 aromatic heterocycles. The molecule has 1 unspecified atom stereocenters. The molecule has 0 bridgehead atoms. The van der Waals surface area contributed by atoms with Gasteiger partial charge < -0.3 is 9.52 Å². The molecule has 0 saturated heterocycles. The minimum absolute atomic E-state index is 0.464. The van der Waals surface area contributed by atoms with E-state index in [1.54, 1.807) is 25.5 Å². The maximum Gasteiger partial charge on any atom is 0.0963 e. The van der Waals surface area contributed by atoms with Crippen LogP contribution in [0.15, 0.2) is 47.3 Å². The zero-order valence-corrected chi connectivity index (χ0v) is 9.74. The summed E-state index contributed by atoms with van der Waals surface area (Å²) in [5.41, 5.74) is 0.723. The molecule has 0 aliphatic carbocycles. The van der Waals surface area contributed by atoms with Gasteiger partial charge in [-0.3, -0.25) is 0 Å². The average molecular weight is 237 g/mol. The summed E-state index contributed by atoms with van der Waals surface area (Å²) in [5.74, 6) is 0. The normalized spacial score (nSPS) is 14.7. The molecule has 0 amide bonds. The Labute approximate surface area is 99.5 Å². The van der Waals surface area contributed by atoms with Crippen molar-refractivity contribution in [1.82, 2.24) is 0 Å². The molecule has 2 rings (SSSR count). The van der Waals surface area contributed by atoms with Crippen LogP contribution in [0.1, 0.15) is 18.1 Å².